The first-order valence-corrected chi connectivity index (χ1v) is 6.25. The van der Waals surface area contributed by atoms with Gasteiger partial charge in [-0.3, -0.25) is 0 Å². The molecule has 2 saturated heterocycles. The lowest BCUT2D eigenvalue weighted by Crippen LogP contribution is -2.60. The molecule has 1 atom stereocenters. The van der Waals surface area contributed by atoms with Crippen molar-refractivity contribution in [1.82, 2.24) is 4.90 Å². The van der Waals surface area contributed by atoms with Crippen molar-refractivity contribution in [3.8, 4) is 0 Å². The molecule has 0 bridgehead atoms. The standard InChI is InChI=1S/C13H15FN2O3/c14-13(15-6-8-18-9-7-15)10-19-12(17)16(13)11-4-2-1-3-5-11/h1-5H,6-10H2. The smallest absolute Gasteiger partial charge is 0.418 e. The van der Waals surface area contributed by atoms with E-state index < -0.39 is 12.0 Å². The first kappa shape index (κ1) is 12.4. The van der Waals surface area contributed by atoms with E-state index in [1.54, 1.807) is 29.2 Å². The van der Waals surface area contributed by atoms with E-state index in [1.807, 2.05) is 6.07 Å². The van der Waals surface area contributed by atoms with E-state index in [0.29, 0.717) is 32.0 Å². The molecule has 1 amide bonds. The molecule has 19 heavy (non-hydrogen) atoms. The van der Waals surface area contributed by atoms with Crippen molar-refractivity contribution < 1.29 is 18.7 Å². The summed E-state index contributed by atoms with van der Waals surface area (Å²) in [5, 5.41) is 0. The van der Waals surface area contributed by atoms with Crippen LogP contribution in [0.2, 0.25) is 0 Å². The molecular formula is C13H15FN2O3. The lowest BCUT2D eigenvalue weighted by molar-refractivity contribution is -0.0873. The second-order valence-electron chi connectivity index (χ2n) is 4.54. The predicted octanol–water partition coefficient (Wildman–Crippen LogP) is 1.60. The van der Waals surface area contributed by atoms with Crippen LogP contribution in [0.3, 0.4) is 0 Å². The second-order valence-corrected chi connectivity index (χ2v) is 4.54. The number of hydrogen-bond acceptors (Lipinski definition) is 4. The van der Waals surface area contributed by atoms with E-state index in [1.165, 1.54) is 0 Å². The third kappa shape index (κ3) is 2.06. The molecule has 0 radical (unpaired) electrons. The number of nitrogens with zero attached hydrogens (tertiary/aromatic N) is 2. The molecule has 2 fully saturated rings. The Morgan fingerprint density at radius 3 is 2.53 bits per heavy atom. The van der Waals surface area contributed by atoms with Crippen LogP contribution in [0.25, 0.3) is 0 Å². The van der Waals surface area contributed by atoms with Gasteiger partial charge in [0.15, 0.2) is 6.61 Å². The summed E-state index contributed by atoms with van der Waals surface area (Å²) in [7, 11) is 0. The molecule has 1 unspecified atom stereocenters. The molecule has 1 aromatic carbocycles. The second kappa shape index (κ2) is 4.79. The highest BCUT2D eigenvalue weighted by Crippen LogP contribution is 2.35. The minimum atomic E-state index is -1.93. The summed E-state index contributed by atoms with van der Waals surface area (Å²) < 4.78 is 25.4. The number of alkyl halides is 1. The maximum Gasteiger partial charge on any atom is 0.418 e. The molecular weight excluding hydrogens is 251 g/mol. The van der Waals surface area contributed by atoms with Crippen molar-refractivity contribution in [3.63, 3.8) is 0 Å². The fourth-order valence-electron chi connectivity index (χ4n) is 2.44. The minimum absolute atomic E-state index is 0.277. The number of benzene rings is 1. The normalized spacial score (nSPS) is 28.5. The lowest BCUT2D eigenvalue weighted by atomic mass is 10.2. The predicted molar refractivity (Wildman–Crippen MR) is 66.5 cm³/mol. The van der Waals surface area contributed by atoms with Crippen molar-refractivity contribution in [2.45, 2.75) is 5.92 Å². The van der Waals surface area contributed by atoms with E-state index in [4.69, 9.17) is 9.47 Å². The quantitative estimate of drug-likeness (QED) is 0.762. The van der Waals surface area contributed by atoms with Gasteiger partial charge in [-0.1, -0.05) is 18.2 Å². The zero-order chi connectivity index (χ0) is 13.3. The van der Waals surface area contributed by atoms with Crippen LogP contribution in [-0.2, 0) is 9.47 Å². The van der Waals surface area contributed by atoms with Crippen LogP contribution in [-0.4, -0.2) is 49.8 Å². The SMILES string of the molecule is O=C1OCC(F)(N2CCOCC2)N1c1ccccc1. The van der Waals surface area contributed by atoms with Gasteiger partial charge in [-0.2, -0.15) is 4.39 Å². The molecule has 1 aromatic rings. The Kier molecular flexibility index (Phi) is 3.12. The van der Waals surface area contributed by atoms with E-state index >= 15 is 4.39 Å². The Labute approximate surface area is 110 Å². The number of morpholine rings is 1. The summed E-state index contributed by atoms with van der Waals surface area (Å²) in [4.78, 5) is 14.5. The Bertz CT molecular complexity index is 464. The van der Waals surface area contributed by atoms with Crippen LogP contribution in [0.4, 0.5) is 14.9 Å². The highest BCUT2D eigenvalue weighted by Gasteiger charge is 2.53. The number of anilines is 1. The average Bonchev–Trinajstić information content (AvgIpc) is 2.78. The van der Waals surface area contributed by atoms with E-state index in [0.717, 1.165) is 4.90 Å². The number of cyclic esters (lactones) is 1. The number of halogens is 1. The van der Waals surface area contributed by atoms with Crippen LogP contribution < -0.4 is 4.90 Å². The van der Waals surface area contributed by atoms with Gasteiger partial charge in [0, 0.05) is 13.1 Å². The van der Waals surface area contributed by atoms with E-state index in [2.05, 4.69) is 0 Å². The molecule has 0 N–H and O–H groups in total. The molecule has 5 nitrogen and oxygen atoms in total. The third-order valence-electron chi connectivity index (χ3n) is 3.41. The van der Waals surface area contributed by atoms with Crippen LogP contribution in [0.1, 0.15) is 0 Å². The van der Waals surface area contributed by atoms with Crippen molar-refractivity contribution in [3.05, 3.63) is 30.3 Å². The van der Waals surface area contributed by atoms with Gasteiger partial charge >= 0.3 is 6.09 Å². The van der Waals surface area contributed by atoms with Gasteiger partial charge in [0.25, 0.3) is 5.92 Å². The Morgan fingerprint density at radius 1 is 1.16 bits per heavy atom. The number of para-hydroxylation sites is 1. The summed E-state index contributed by atoms with van der Waals surface area (Å²) in [6.45, 7) is 1.53. The fourth-order valence-corrected chi connectivity index (χ4v) is 2.44. The van der Waals surface area contributed by atoms with Gasteiger partial charge in [0.1, 0.15) is 0 Å². The molecule has 2 aliphatic rings. The van der Waals surface area contributed by atoms with Crippen molar-refractivity contribution in [2.24, 2.45) is 0 Å². The molecule has 0 saturated carbocycles. The van der Waals surface area contributed by atoms with Gasteiger partial charge in [-0.25, -0.2) is 14.6 Å². The fraction of sp³-hybridized carbons (Fsp3) is 0.462. The monoisotopic (exact) mass is 266 g/mol. The zero-order valence-corrected chi connectivity index (χ0v) is 10.4. The van der Waals surface area contributed by atoms with Gasteiger partial charge in [0.05, 0.1) is 18.9 Å². The molecule has 2 aliphatic heterocycles. The summed E-state index contributed by atoms with van der Waals surface area (Å²) >= 11 is 0. The lowest BCUT2D eigenvalue weighted by Gasteiger charge is -2.39. The number of amides is 1. The topological polar surface area (TPSA) is 42.0 Å². The highest BCUT2D eigenvalue weighted by molar-refractivity contribution is 5.90. The Balaban J connectivity index is 1.93. The molecule has 102 valence electrons. The summed E-state index contributed by atoms with van der Waals surface area (Å²) in [5.41, 5.74) is 0.499. The zero-order valence-electron chi connectivity index (χ0n) is 10.4. The Morgan fingerprint density at radius 2 is 1.84 bits per heavy atom. The third-order valence-corrected chi connectivity index (χ3v) is 3.41. The van der Waals surface area contributed by atoms with Crippen molar-refractivity contribution in [1.29, 1.82) is 0 Å². The maximum absolute atomic E-state index is 15.2. The van der Waals surface area contributed by atoms with Gasteiger partial charge in [-0.05, 0) is 12.1 Å². The van der Waals surface area contributed by atoms with E-state index in [9.17, 15) is 4.79 Å². The first-order valence-electron chi connectivity index (χ1n) is 6.25. The summed E-state index contributed by atoms with van der Waals surface area (Å²) in [6, 6.07) is 8.74. The van der Waals surface area contributed by atoms with Crippen LogP contribution >= 0.6 is 0 Å². The van der Waals surface area contributed by atoms with Crippen molar-refractivity contribution in [2.75, 3.05) is 37.8 Å². The number of carbonyl (C=O) groups is 1. The molecule has 6 heteroatoms. The van der Waals surface area contributed by atoms with Crippen LogP contribution in [0, 0.1) is 0 Å². The highest BCUT2D eigenvalue weighted by atomic mass is 19.2. The van der Waals surface area contributed by atoms with E-state index in [-0.39, 0.29) is 6.61 Å². The summed E-state index contributed by atoms with van der Waals surface area (Å²) in [6.07, 6.45) is -0.653. The Hall–Kier alpha value is -1.66. The number of rotatable bonds is 2. The van der Waals surface area contributed by atoms with Gasteiger partial charge in [-0.15, -0.1) is 0 Å². The first-order chi connectivity index (χ1) is 9.22. The number of ether oxygens (including phenoxy) is 2. The van der Waals surface area contributed by atoms with Gasteiger partial charge in [0.2, 0.25) is 0 Å². The summed E-state index contributed by atoms with van der Waals surface area (Å²) in [5.74, 6) is -1.93. The average molecular weight is 266 g/mol. The van der Waals surface area contributed by atoms with Crippen LogP contribution in [0.15, 0.2) is 30.3 Å². The maximum atomic E-state index is 15.2. The van der Waals surface area contributed by atoms with Crippen LogP contribution in [0.5, 0.6) is 0 Å². The molecule has 0 aromatic heterocycles. The van der Waals surface area contributed by atoms with Gasteiger partial charge < -0.3 is 9.47 Å². The molecule has 0 aliphatic carbocycles. The molecule has 0 spiro atoms. The largest absolute Gasteiger partial charge is 0.442 e. The number of hydrogen-bond donors (Lipinski definition) is 0. The minimum Gasteiger partial charge on any atom is -0.442 e. The molecule has 3 rings (SSSR count). The molecule has 2 heterocycles. The van der Waals surface area contributed by atoms with Crippen molar-refractivity contribution >= 4 is 11.8 Å². The number of carbonyl (C=O) groups excluding carboxylic acids is 1.